The van der Waals surface area contributed by atoms with Gasteiger partial charge in [-0.3, -0.25) is 9.78 Å². The number of pyridine rings is 1. The van der Waals surface area contributed by atoms with Gasteiger partial charge >= 0.3 is 5.97 Å². The van der Waals surface area contributed by atoms with E-state index < -0.39 is 12.1 Å². The molecule has 1 aliphatic rings. The highest BCUT2D eigenvalue weighted by Gasteiger charge is 2.31. The van der Waals surface area contributed by atoms with Gasteiger partial charge in [0.25, 0.3) is 0 Å². The van der Waals surface area contributed by atoms with Crippen LogP contribution in [0.4, 0.5) is 0 Å². The first kappa shape index (κ1) is 26.2. The lowest BCUT2D eigenvalue weighted by atomic mass is 9.79. The molecule has 7 heteroatoms. The van der Waals surface area contributed by atoms with Crippen molar-refractivity contribution in [3.05, 3.63) is 60.0 Å². The van der Waals surface area contributed by atoms with Gasteiger partial charge in [0.2, 0.25) is 0 Å². The van der Waals surface area contributed by atoms with Gasteiger partial charge < -0.3 is 24.4 Å². The molecule has 194 valence electrons. The van der Waals surface area contributed by atoms with Crippen molar-refractivity contribution in [1.82, 2.24) is 14.5 Å². The number of rotatable bonds is 12. The minimum absolute atomic E-state index is 0.117. The molecule has 0 saturated carbocycles. The molecule has 1 aliphatic heterocycles. The topological polar surface area (TPSA) is 87.8 Å². The second-order valence-electron chi connectivity index (χ2n) is 10.2. The zero-order valence-electron chi connectivity index (χ0n) is 21.5. The van der Waals surface area contributed by atoms with E-state index in [0.29, 0.717) is 12.3 Å². The first-order valence-electron chi connectivity index (χ1n) is 13.1. The van der Waals surface area contributed by atoms with Gasteiger partial charge in [0.05, 0.1) is 18.7 Å². The molecule has 1 saturated heterocycles. The van der Waals surface area contributed by atoms with Gasteiger partial charge in [0, 0.05) is 44.0 Å². The summed E-state index contributed by atoms with van der Waals surface area (Å²) in [7, 11) is 3.68. The molecule has 0 radical (unpaired) electrons. The molecule has 0 unspecified atom stereocenters. The number of likely N-dealkylation sites (tertiary alicyclic amines) is 1. The Morgan fingerprint density at radius 2 is 2.08 bits per heavy atom. The fourth-order valence-corrected chi connectivity index (χ4v) is 5.66. The minimum atomic E-state index is -0.733. The Bertz CT molecular complexity index is 1140. The molecule has 36 heavy (non-hydrogen) atoms. The summed E-state index contributed by atoms with van der Waals surface area (Å²) in [6.45, 7) is 2.84. The lowest BCUT2D eigenvalue weighted by Gasteiger charge is -2.38. The van der Waals surface area contributed by atoms with Gasteiger partial charge in [-0.05, 0) is 105 Å². The Labute approximate surface area is 213 Å². The molecular weight excluding hydrogens is 454 g/mol. The number of aliphatic hydroxyl groups excluding tert-OH is 1. The summed E-state index contributed by atoms with van der Waals surface area (Å²) in [5, 5.41) is 21.5. The maximum Gasteiger partial charge on any atom is 0.303 e. The number of unbranched alkanes of at least 4 members (excludes halogenated alkanes) is 1. The van der Waals surface area contributed by atoms with Crippen LogP contribution in [0.5, 0.6) is 5.75 Å². The molecular formula is C29H39N3O4. The first-order chi connectivity index (χ1) is 17.4. The standard InChI is InChI=1S/C29H39N3O4/c1-31-15-11-21(19-31)5-3-4-14-32-16-12-22(23(20-32)17-29(34)35)6-9-28(33)25-10-13-30-27-8-7-24(36-2)18-26(25)27/h7-8,10-11,13,15,18-19,22-23,28,33H,3-6,9,12,14,16-17,20H2,1-2H3,(H,34,35)/t22-,23+,28+/m1/s1. The van der Waals surface area contributed by atoms with Crippen LogP contribution >= 0.6 is 0 Å². The monoisotopic (exact) mass is 493 g/mol. The van der Waals surface area contributed by atoms with Crippen LogP contribution in [0.2, 0.25) is 0 Å². The fourth-order valence-electron chi connectivity index (χ4n) is 5.66. The normalized spacial score (nSPS) is 19.4. The van der Waals surface area contributed by atoms with Crippen molar-refractivity contribution in [2.24, 2.45) is 18.9 Å². The van der Waals surface area contributed by atoms with Crippen LogP contribution in [0.15, 0.2) is 48.9 Å². The Kier molecular flexibility index (Phi) is 8.99. The highest BCUT2D eigenvalue weighted by atomic mass is 16.5. The molecule has 7 nitrogen and oxygen atoms in total. The summed E-state index contributed by atoms with van der Waals surface area (Å²) < 4.78 is 7.45. The zero-order chi connectivity index (χ0) is 25.5. The molecule has 3 heterocycles. The van der Waals surface area contributed by atoms with Crippen molar-refractivity contribution in [3.8, 4) is 5.75 Å². The molecule has 2 N–H and O–H groups in total. The number of hydrogen-bond donors (Lipinski definition) is 2. The molecule has 0 amide bonds. The number of aromatic nitrogens is 2. The SMILES string of the molecule is COc1ccc2nccc([C@@H](O)CC[C@@H]3CCN(CCCCc4ccn(C)c4)C[C@@H]3CC(=O)O)c2c1. The average molecular weight is 494 g/mol. The summed E-state index contributed by atoms with van der Waals surface area (Å²) in [5.41, 5.74) is 3.06. The molecule has 0 bridgehead atoms. The lowest BCUT2D eigenvalue weighted by Crippen LogP contribution is -2.41. The van der Waals surface area contributed by atoms with Gasteiger partial charge in [0.15, 0.2) is 0 Å². The highest BCUT2D eigenvalue weighted by molar-refractivity contribution is 5.83. The first-order valence-corrected chi connectivity index (χ1v) is 13.1. The van der Waals surface area contributed by atoms with E-state index in [-0.39, 0.29) is 12.3 Å². The Morgan fingerprint density at radius 1 is 1.22 bits per heavy atom. The number of piperidine rings is 1. The van der Waals surface area contributed by atoms with E-state index in [2.05, 4.69) is 32.9 Å². The van der Waals surface area contributed by atoms with E-state index in [9.17, 15) is 15.0 Å². The third kappa shape index (κ3) is 6.86. The summed E-state index contributed by atoms with van der Waals surface area (Å²) in [4.78, 5) is 18.5. The molecule has 0 aliphatic carbocycles. The quantitative estimate of drug-likeness (QED) is 0.351. The summed E-state index contributed by atoms with van der Waals surface area (Å²) in [5.74, 6) is 0.427. The number of aliphatic hydroxyl groups is 1. The van der Waals surface area contributed by atoms with E-state index in [1.54, 1.807) is 13.3 Å². The smallest absolute Gasteiger partial charge is 0.303 e. The molecule has 2 aromatic heterocycles. The average Bonchev–Trinajstić information content (AvgIpc) is 3.29. The number of hydrogen-bond acceptors (Lipinski definition) is 5. The number of aliphatic carboxylic acids is 1. The number of aryl methyl sites for hydroxylation is 2. The molecule has 3 aromatic rings. The number of fused-ring (bicyclic) bond motifs is 1. The molecule has 4 rings (SSSR count). The predicted octanol–water partition coefficient (Wildman–Crippen LogP) is 4.83. The van der Waals surface area contributed by atoms with Crippen molar-refractivity contribution in [3.63, 3.8) is 0 Å². The van der Waals surface area contributed by atoms with Crippen molar-refractivity contribution in [2.75, 3.05) is 26.7 Å². The molecule has 1 aromatic carbocycles. The second-order valence-corrected chi connectivity index (χ2v) is 10.2. The van der Waals surface area contributed by atoms with Crippen LogP contribution in [0, 0.1) is 11.8 Å². The highest BCUT2D eigenvalue weighted by Crippen LogP contribution is 2.34. The minimum Gasteiger partial charge on any atom is -0.497 e. The van der Waals surface area contributed by atoms with Crippen molar-refractivity contribution < 1.29 is 19.7 Å². The Morgan fingerprint density at radius 3 is 2.83 bits per heavy atom. The van der Waals surface area contributed by atoms with E-state index in [4.69, 9.17) is 4.74 Å². The van der Waals surface area contributed by atoms with Crippen molar-refractivity contribution in [2.45, 2.75) is 51.0 Å². The second kappa shape index (κ2) is 12.4. The third-order valence-corrected chi connectivity index (χ3v) is 7.65. The summed E-state index contributed by atoms with van der Waals surface area (Å²) in [6.07, 6.45) is 11.3. The molecule has 1 fully saturated rings. The van der Waals surface area contributed by atoms with Crippen molar-refractivity contribution >= 4 is 16.9 Å². The van der Waals surface area contributed by atoms with Gasteiger partial charge in [-0.25, -0.2) is 0 Å². The van der Waals surface area contributed by atoms with E-state index in [1.165, 1.54) is 5.56 Å². The Hall–Kier alpha value is -2.90. The lowest BCUT2D eigenvalue weighted by molar-refractivity contribution is -0.139. The molecule has 0 spiro atoms. The number of benzene rings is 1. The van der Waals surface area contributed by atoms with Crippen LogP contribution in [-0.2, 0) is 18.3 Å². The van der Waals surface area contributed by atoms with Gasteiger partial charge in [-0.1, -0.05) is 0 Å². The van der Waals surface area contributed by atoms with E-state index >= 15 is 0 Å². The number of ether oxygens (including phenoxy) is 1. The van der Waals surface area contributed by atoms with Crippen LogP contribution in [0.25, 0.3) is 10.9 Å². The number of carboxylic acids is 1. The van der Waals surface area contributed by atoms with Gasteiger partial charge in [-0.2, -0.15) is 0 Å². The number of nitrogens with zero attached hydrogens (tertiary/aromatic N) is 3. The van der Waals surface area contributed by atoms with Crippen LogP contribution < -0.4 is 4.74 Å². The maximum absolute atomic E-state index is 11.6. The van der Waals surface area contributed by atoms with E-state index in [0.717, 1.165) is 74.0 Å². The van der Waals surface area contributed by atoms with Gasteiger partial charge in [-0.15, -0.1) is 0 Å². The number of methoxy groups -OCH3 is 1. The van der Waals surface area contributed by atoms with E-state index in [1.807, 2.05) is 31.3 Å². The number of carboxylic acid groups (broad SMARTS) is 1. The van der Waals surface area contributed by atoms with Gasteiger partial charge in [0.1, 0.15) is 5.75 Å². The maximum atomic E-state index is 11.6. The van der Waals surface area contributed by atoms with Crippen molar-refractivity contribution in [1.29, 1.82) is 0 Å². The summed E-state index contributed by atoms with van der Waals surface area (Å²) >= 11 is 0. The zero-order valence-corrected chi connectivity index (χ0v) is 21.5. The predicted molar refractivity (Wildman–Crippen MR) is 141 cm³/mol. The van der Waals surface area contributed by atoms with Crippen LogP contribution in [0.1, 0.15) is 55.8 Å². The van der Waals surface area contributed by atoms with Crippen LogP contribution in [-0.4, -0.2) is 57.4 Å². The molecule has 3 atom stereocenters. The Balaban J connectivity index is 1.31. The summed E-state index contributed by atoms with van der Waals surface area (Å²) in [6, 6.07) is 9.75. The number of carbonyl (C=O) groups is 1. The fraction of sp³-hybridized carbons (Fsp3) is 0.517. The third-order valence-electron chi connectivity index (χ3n) is 7.65. The largest absolute Gasteiger partial charge is 0.497 e. The van der Waals surface area contributed by atoms with Crippen LogP contribution in [0.3, 0.4) is 0 Å².